The van der Waals surface area contributed by atoms with E-state index in [0.717, 1.165) is 5.92 Å². The second-order valence-electron chi connectivity index (χ2n) is 2.95. The van der Waals surface area contributed by atoms with Crippen LogP contribution in [0.5, 0.6) is 0 Å². The molecule has 0 spiro atoms. The van der Waals surface area contributed by atoms with Gasteiger partial charge in [-0.3, -0.25) is 5.32 Å². The molecule has 2 unspecified atom stereocenters. The molecule has 1 aliphatic carbocycles. The fourth-order valence-corrected chi connectivity index (χ4v) is 1.28. The lowest BCUT2D eigenvalue weighted by molar-refractivity contribution is 0.0391. The number of nitrogens with one attached hydrogen (secondary N) is 1. The summed E-state index contributed by atoms with van der Waals surface area (Å²) in [5, 5.41) is 3.09. The fourth-order valence-electron chi connectivity index (χ4n) is 1.28. The van der Waals surface area contributed by atoms with Gasteiger partial charge in [-0.1, -0.05) is 0 Å². The maximum atomic E-state index is 5.19. The molecule has 0 aromatic heterocycles. The molecule has 10 heavy (non-hydrogen) atoms. The molecule has 1 radical (unpaired) electrons. The molecule has 0 amide bonds. The third kappa shape index (κ3) is 1.70. The molecular formula is C8H16NO. The summed E-state index contributed by atoms with van der Waals surface area (Å²) in [6, 6.07) is 0. The molecule has 1 N–H and O–H groups in total. The van der Waals surface area contributed by atoms with Gasteiger partial charge in [0.25, 0.3) is 0 Å². The molecule has 0 aromatic rings. The van der Waals surface area contributed by atoms with E-state index in [4.69, 9.17) is 4.74 Å². The maximum absolute atomic E-state index is 5.19. The Kier molecular flexibility index (Phi) is 2.69. The van der Waals surface area contributed by atoms with Crippen LogP contribution in [-0.4, -0.2) is 20.4 Å². The monoisotopic (exact) mass is 142 g/mol. The molecule has 1 fully saturated rings. The Morgan fingerprint density at radius 2 is 2.20 bits per heavy atom. The van der Waals surface area contributed by atoms with Crippen molar-refractivity contribution in [2.45, 2.75) is 19.1 Å². The van der Waals surface area contributed by atoms with Gasteiger partial charge in [0.15, 0.2) is 0 Å². The number of methoxy groups -OCH3 is 1. The lowest BCUT2D eigenvalue weighted by atomic mass is 10.1. The third-order valence-electron chi connectivity index (χ3n) is 2.15. The van der Waals surface area contributed by atoms with Crippen molar-refractivity contribution in [1.29, 1.82) is 0 Å². The first-order valence-corrected chi connectivity index (χ1v) is 3.82. The lowest BCUT2D eigenvalue weighted by Crippen LogP contribution is -2.34. The van der Waals surface area contributed by atoms with Crippen molar-refractivity contribution < 1.29 is 4.74 Å². The van der Waals surface area contributed by atoms with E-state index in [0.29, 0.717) is 5.92 Å². The molecule has 2 nitrogen and oxygen atoms in total. The topological polar surface area (TPSA) is 21.3 Å². The van der Waals surface area contributed by atoms with E-state index >= 15 is 0 Å². The van der Waals surface area contributed by atoms with Gasteiger partial charge in [0.1, 0.15) is 6.23 Å². The van der Waals surface area contributed by atoms with Gasteiger partial charge in [0, 0.05) is 13.0 Å². The van der Waals surface area contributed by atoms with Crippen molar-refractivity contribution in [1.82, 2.24) is 5.32 Å². The van der Waals surface area contributed by atoms with E-state index in [1.807, 2.05) is 7.05 Å². The highest BCUT2D eigenvalue weighted by molar-refractivity contribution is 4.86. The zero-order valence-electron chi connectivity index (χ0n) is 6.76. The molecule has 0 aliphatic heterocycles. The van der Waals surface area contributed by atoms with Crippen molar-refractivity contribution in [3.8, 4) is 0 Å². The van der Waals surface area contributed by atoms with Crippen LogP contribution < -0.4 is 5.32 Å². The molecule has 2 heteroatoms. The number of ether oxygens (including phenoxy) is 1. The summed E-state index contributed by atoms with van der Waals surface area (Å²) in [6.45, 7) is 4.05. The smallest absolute Gasteiger partial charge is 0.110 e. The van der Waals surface area contributed by atoms with E-state index < -0.39 is 0 Å². The largest absolute Gasteiger partial charge is 0.366 e. The highest BCUT2D eigenvalue weighted by Gasteiger charge is 2.32. The van der Waals surface area contributed by atoms with Crippen molar-refractivity contribution in [2.75, 3.05) is 14.2 Å². The Bertz CT molecular complexity index is 97.4. The maximum Gasteiger partial charge on any atom is 0.110 e. The molecule has 2 atom stereocenters. The average Bonchev–Trinajstić information content (AvgIpc) is 2.71. The van der Waals surface area contributed by atoms with Crippen LogP contribution in [0.25, 0.3) is 0 Å². The van der Waals surface area contributed by atoms with Crippen LogP contribution in [0.1, 0.15) is 12.8 Å². The third-order valence-corrected chi connectivity index (χ3v) is 2.15. The molecule has 0 bridgehead atoms. The Morgan fingerprint density at radius 1 is 1.60 bits per heavy atom. The average molecular weight is 142 g/mol. The summed E-state index contributed by atoms with van der Waals surface area (Å²) in [4.78, 5) is 0. The molecule has 1 aliphatic rings. The number of hydrogen-bond acceptors (Lipinski definition) is 2. The summed E-state index contributed by atoms with van der Waals surface area (Å²) in [5.41, 5.74) is 0. The van der Waals surface area contributed by atoms with E-state index in [2.05, 4.69) is 12.2 Å². The SMILES string of the molecule is [CH2]C(C1CC1)C(NC)OC. The second-order valence-corrected chi connectivity index (χ2v) is 2.95. The molecule has 0 heterocycles. The van der Waals surface area contributed by atoms with Crippen LogP contribution in [-0.2, 0) is 4.74 Å². The summed E-state index contributed by atoms with van der Waals surface area (Å²) < 4.78 is 5.19. The Balaban J connectivity index is 2.27. The summed E-state index contributed by atoms with van der Waals surface area (Å²) in [5.74, 6) is 1.23. The van der Waals surface area contributed by atoms with Crippen LogP contribution >= 0.6 is 0 Å². The first kappa shape index (κ1) is 8.02. The minimum absolute atomic E-state index is 0.146. The second kappa shape index (κ2) is 3.35. The van der Waals surface area contributed by atoms with Gasteiger partial charge in [0.2, 0.25) is 0 Å². The van der Waals surface area contributed by atoms with Gasteiger partial charge in [-0.2, -0.15) is 0 Å². The normalized spacial score (nSPS) is 24.3. The fraction of sp³-hybridized carbons (Fsp3) is 0.875. The predicted molar refractivity (Wildman–Crippen MR) is 41.4 cm³/mol. The lowest BCUT2D eigenvalue weighted by Gasteiger charge is -2.21. The first-order valence-electron chi connectivity index (χ1n) is 3.82. The first-order chi connectivity index (χ1) is 4.79. The van der Waals surface area contributed by atoms with Crippen molar-refractivity contribution >= 4 is 0 Å². The van der Waals surface area contributed by atoms with Gasteiger partial charge < -0.3 is 4.74 Å². The zero-order valence-corrected chi connectivity index (χ0v) is 6.76. The summed E-state index contributed by atoms with van der Waals surface area (Å²) >= 11 is 0. The van der Waals surface area contributed by atoms with E-state index in [-0.39, 0.29) is 6.23 Å². The van der Waals surface area contributed by atoms with Gasteiger partial charge in [-0.15, -0.1) is 0 Å². The van der Waals surface area contributed by atoms with Crippen molar-refractivity contribution in [2.24, 2.45) is 11.8 Å². The Hall–Kier alpha value is -0.0800. The molecular weight excluding hydrogens is 126 g/mol. The summed E-state index contributed by atoms with van der Waals surface area (Å²) in [6.07, 6.45) is 2.80. The number of rotatable bonds is 4. The number of hydrogen-bond donors (Lipinski definition) is 1. The molecule has 1 rings (SSSR count). The van der Waals surface area contributed by atoms with Gasteiger partial charge in [-0.25, -0.2) is 0 Å². The van der Waals surface area contributed by atoms with Crippen LogP contribution in [0.2, 0.25) is 0 Å². The molecule has 0 saturated heterocycles. The van der Waals surface area contributed by atoms with Gasteiger partial charge in [0.05, 0.1) is 0 Å². The van der Waals surface area contributed by atoms with E-state index in [9.17, 15) is 0 Å². The Labute approximate surface area is 63.0 Å². The van der Waals surface area contributed by atoms with Gasteiger partial charge in [-0.05, 0) is 32.7 Å². The molecule has 1 saturated carbocycles. The molecule has 59 valence electrons. The highest BCUT2D eigenvalue weighted by Crippen LogP contribution is 2.37. The minimum Gasteiger partial charge on any atom is -0.366 e. The van der Waals surface area contributed by atoms with E-state index in [1.54, 1.807) is 7.11 Å². The predicted octanol–water partition coefficient (Wildman–Crippen LogP) is 1.04. The van der Waals surface area contributed by atoms with E-state index in [1.165, 1.54) is 12.8 Å². The minimum atomic E-state index is 0.146. The quantitative estimate of drug-likeness (QED) is 0.592. The van der Waals surface area contributed by atoms with Crippen LogP contribution in [0.3, 0.4) is 0 Å². The van der Waals surface area contributed by atoms with Gasteiger partial charge >= 0.3 is 0 Å². The van der Waals surface area contributed by atoms with Crippen LogP contribution in [0.4, 0.5) is 0 Å². The molecule has 0 aromatic carbocycles. The summed E-state index contributed by atoms with van der Waals surface area (Å²) in [7, 11) is 3.64. The van der Waals surface area contributed by atoms with Crippen LogP contribution in [0, 0.1) is 18.8 Å². The zero-order chi connectivity index (χ0) is 7.56. The Morgan fingerprint density at radius 3 is 2.50 bits per heavy atom. The van der Waals surface area contributed by atoms with Crippen LogP contribution in [0.15, 0.2) is 0 Å². The highest BCUT2D eigenvalue weighted by atomic mass is 16.5. The standard InChI is InChI=1S/C8H16NO/c1-6(7-4-5-7)8(9-2)10-3/h6-9H,1,4-5H2,2-3H3. The van der Waals surface area contributed by atoms with Crippen molar-refractivity contribution in [3.05, 3.63) is 6.92 Å². The van der Waals surface area contributed by atoms with Crippen molar-refractivity contribution in [3.63, 3.8) is 0 Å².